The van der Waals surface area contributed by atoms with Gasteiger partial charge in [0.1, 0.15) is 12.1 Å². The molecule has 1 fully saturated rings. The molecule has 2 aromatic heterocycles. The zero-order valence-electron chi connectivity index (χ0n) is 15.1. The fourth-order valence-electron chi connectivity index (χ4n) is 3.66. The van der Waals surface area contributed by atoms with Crippen molar-refractivity contribution in [1.29, 1.82) is 0 Å². The first kappa shape index (κ1) is 17.0. The van der Waals surface area contributed by atoms with Gasteiger partial charge in [-0.1, -0.05) is 29.8 Å². The minimum atomic E-state index is 0.372. The normalized spacial score (nSPS) is 20.3. The number of H-pyrrole nitrogens is 1. The van der Waals surface area contributed by atoms with Crippen molar-refractivity contribution in [1.82, 2.24) is 20.2 Å². The van der Waals surface area contributed by atoms with E-state index in [1.165, 1.54) is 11.1 Å². The zero-order chi connectivity index (χ0) is 17.8. The average Bonchev–Trinajstić information content (AvgIpc) is 3.13. The van der Waals surface area contributed by atoms with Crippen molar-refractivity contribution in [3.63, 3.8) is 0 Å². The summed E-state index contributed by atoms with van der Waals surface area (Å²) in [5.41, 5.74) is 3.44. The van der Waals surface area contributed by atoms with E-state index in [0.717, 1.165) is 55.6 Å². The van der Waals surface area contributed by atoms with E-state index in [2.05, 4.69) is 56.7 Å². The molecule has 0 spiro atoms. The molecule has 6 nitrogen and oxygen atoms in total. The lowest BCUT2D eigenvalue weighted by molar-refractivity contribution is 0.0282. The molecule has 1 aliphatic rings. The molecule has 4 rings (SSSR count). The molecule has 1 aliphatic carbocycles. The molecule has 1 aromatic carbocycles. The van der Waals surface area contributed by atoms with Gasteiger partial charge in [-0.15, -0.1) is 0 Å². The molecule has 0 radical (unpaired) electrons. The van der Waals surface area contributed by atoms with Crippen LogP contribution in [0.5, 0.6) is 0 Å². The van der Waals surface area contributed by atoms with Gasteiger partial charge in [-0.2, -0.15) is 5.10 Å². The van der Waals surface area contributed by atoms with Crippen molar-refractivity contribution in [2.45, 2.75) is 51.2 Å². The van der Waals surface area contributed by atoms with Crippen LogP contribution in [-0.2, 0) is 11.2 Å². The summed E-state index contributed by atoms with van der Waals surface area (Å²) in [7, 11) is 0. The Morgan fingerprint density at radius 3 is 2.92 bits per heavy atom. The largest absolute Gasteiger partial charge is 0.378 e. The number of aromatic amines is 1. The Hall–Kier alpha value is -2.47. The lowest BCUT2D eigenvalue weighted by Gasteiger charge is -2.29. The Kier molecular flexibility index (Phi) is 5.11. The predicted molar refractivity (Wildman–Crippen MR) is 102 cm³/mol. The lowest BCUT2D eigenvalue weighted by Crippen LogP contribution is -2.30. The molecule has 0 unspecified atom stereocenters. The quantitative estimate of drug-likeness (QED) is 0.709. The lowest BCUT2D eigenvalue weighted by atomic mass is 9.93. The summed E-state index contributed by atoms with van der Waals surface area (Å²) < 4.78 is 6.11. The van der Waals surface area contributed by atoms with Gasteiger partial charge in [0.2, 0.25) is 0 Å². The summed E-state index contributed by atoms with van der Waals surface area (Å²) in [5, 5.41) is 11.4. The molecular formula is C20H25N5O. The van der Waals surface area contributed by atoms with Crippen LogP contribution in [0.1, 0.15) is 36.8 Å². The highest BCUT2D eigenvalue weighted by atomic mass is 16.5. The second-order valence-electron chi connectivity index (χ2n) is 7.08. The van der Waals surface area contributed by atoms with Gasteiger partial charge in [-0.25, -0.2) is 9.97 Å². The maximum absolute atomic E-state index is 6.11. The summed E-state index contributed by atoms with van der Waals surface area (Å²) in [6, 6.07) is 9.09. The Morgan fingerprint density at radius 1 is 1.19 bits per heavy atom. The number of aryl methyl sites for hydroxylation is 1. The molecule has 0 aliphatic heterocycles. The van der Waals surface area contributed by atoms with E-state index in [-0.39, 0.29) is 0 Å². The number of rotatable bonds is 6. The monoisotopic (exact) mass is 351 g/mol. The summed E-state index contributed by atoms with van der Waals surface area (Å²) in [5.74, 6) is 0.868. The Labute approximate surface area is 153 Å². The van der Waals surface area contributed by atoms with Gasteiger partial charge in [0.25, 0.3) is 0 Å². The number of ether oxygens (including phenoxy) is 1. The summed E-state index contributed by atoms with van der Waals surface area (Å²) in [4.78, 5) is 8.55. The number of hydrogen-bond acceptors (Lipinski definition) is 5. The van der Waals surface area contributed by atoms with Crippen molar-refractivity contribution >= 4 is 16.9 Å². The Bertz CT molecular complexity index is 854. The minimum Gasteiger partial charge on any atom is -0.378 e. The van der Waals surface area contributed by atoms with Crippen LogP contribution in [0.4, 0.5) is 5.82 Å². The summed E-state index contributed by atoms with van der Waals surface area (Å²) >= 11 is 0. The molecule has 0 amide bonds. The average molecular weight is 351 g/mol. The predicted octanol–water partition coefficient (Wildman–Crippen LogP) is 3.64. The molecule has 1 saturated carbocycles. The number of anilines is 1. The van der Waals surface area contributed by atoms with Gasteiger partial charge in [0, 0.05) is 6.04 Å². The number of fused-ring (bicyclic) bond motifs is 1. The van der Waals surface area contributed by atoms with Crippen LogP contribution in [-0.4, -0.2) is 38.9 Å². The second kappa shape index (κ2) is 7.83. The van der Waals surface area contributed by atoms with Crippen molar-refractivity contribution in [3.05, 3.63) is 47.9 Å². The third-order valence-corrected chi connectivity index (χ3v) is 5.09. The standard InChI is InChI=1S/C20H25N5O/c1-14-3-2-4-15(11-14)9-10-26-17-7-5-16(6-8-17)24-19-18-12-23-25-20(18)22-13-21-19/h2-4,11-13,16-17H,5-10H2,1H3,(H2,21,22,23,24,25)/t16-,17-. The van der Waals surface area contributed by atoms with Crippen LogP contribution in [0.15, 0.2) is 36.8 Å². The fourth-order valence-corrected chi connectivity index (χ4v) is 3.66. The second-order valence-corrected chi connectivity index (χ2v) is 7.08. The first-order valence-electron chi connectivity index (χ1n) is 9.36. The molecule has 0 bridgehead atoms. The van der Waals surface area contributed by atoms with Crippen molar-refractivity contribution in [3.8, 4) is 0 Å². The van der Waals surface area contributed by atoms with Gasteiger partial charge < -0.3 is 10.1 Å². The zero-order valence-corrected chi connectivity index (χ0v) is 15.1. The van der Waals surface area contributed by atoms with Crippen molar-refractivity contribution in [2.75, 3.05) is 11.9 Å². The van der Waals surface area contributed by atoms with E-state index < -0.39 is 0 Å². The highest BCUT2D eigenvalue weighted by Crippen LogP contribution is 2.26. The Balaban J connectivity index is 1.23. The molecule has 6 heteroatoms. The highest BCUT2D eigenvalue weighted by molar-refractivity contribution is 5.85. The molecule has 136 valence electrons. The maximum atomic E-state index is 6.11. The number of benzene rings is 1. The SMILES string of the molecule is Cc1cccc(CCO[C@H]2CC[C@H](Nc3ncnc4[nH]ncc34)CC2)c1. The van der Waals surface area contributed by atoms with E-state index >= 15 is 0 Å². The van der Waals surface area contributed by atoms with E-state index in [9.17, 15) is 0 Å². The third-order valence-electron chi connectivity index (χ3n) is 5.09. The molecule has 2 heterocycles. The van der Waals surface area contributed by atoms with Gasteiger partial charge in [-0.05, 0) is 44.6 Å². The van der Waals surface area contributed by atoms with Gasteiger partial charge in [0.05, 0.1) is 24.3 Å². The molecule has 0 saturated heterocycles. The number of nitrogens with zero attached hydrogens (tertiary/aromatic N) is 3. The molecule has 0 atom stereocenters. The van der Waals surface area contributed by atoms with Crippen LogP contribution in [0, 0.1) is 6.92 Å². The van der Waals surface area contributed by atoms with Gasteiger partial charge in [-0.3, -0.25) is 5.10 Å². The van der Waals surface area contributed by atoms with E-state index in [4.69, 9.17) is 4.74 Å². The number of aromatic nitrogens is 4. The van der Waals surface area contributed by atoms with E-state index in [1.54, 1.807) is 12.5 Å². The third kappa shape index (κ3) is 4.02. The maximum Gasteiger partial charge on any atom is 0.160 e. The topological polar surface area (TPSA) is 75.7 Å². The Morgan fingerprint density at radius 2 is 2.08 bits per heavy atom. The van der Waals surface area contributed by atoms with Crippen LogP contribution in [0.3, 0.4) is 0 Å². The smallest absolute Gasteiger partial charge is 0.160 e. The van der Waals surface area contributed by atoms with E-state index in [0.29, 0.717) is 12.1 Å². The van der Waals surface area contributed by atoms with Crippen molar-refractivity contribution < 1.29 is 4.74 Å². The molecule has 26 heavy (non-hydrogen) atoms. The minimum absolute atomic E-state index is 0.372. The van der Waals surface area contributed by atoms with Crippen LogP contribution in [0.25, 0.3) is 11.0 Å². The van der Waals surface area contributed by atoms with Crippen LogP contribution < -0.4 is 5.32 Å². The summed E-state index contributed by atoms with van der Waals surface area (Å²) in [6.07, 6.45) is 9.07. The fraction of sp³-hybridized carbons (Fsp3) is 0.450. The highest BCUT2D eigenvalue weighted by Gasteiger charge is 2.22. The van der Waals surface area contributed by atoms with Crippen molar-refractivity contribution in [2.24, 2.45) is 0 Å². The first-order valence-corrected chi connectivity index (χ1v) is 9.36. The van der Waals surface area contributed by atoms with Gasteiger partial charge >= 0.3 is 0 Å². The van der Waals surface area contributed by atoms with Crippen LogP contribution >= 0.6 is 0 Å². The number of hydrogen-bond donors (Lipinski definition) is 2. The summed E-state index contributed by atoms with van der Waals surface area (Å²) in [6.45, 7) is 2.93. The molecule has 2 N–H and O–H groups in total. The molecular weight excluding hydrogens is 326 g/mol. The molecule has 3 aromatic rings. The van der Waals surface area contributed by atoms with E-state index in [1.807, 2.05) is 0 Å². The van der Waals surface area contributed by atoms with Gasteiger partial charge in [0.15, 0.2) is 5.65 Å². The number of nitrogens with one attached hydrogen (secondary N) is 2. The first-order chi connectivity index (χ1) is 12.8. The van der Waals surface area contributed by atoms with Crippen LogP contribution in [0.2, 0.25) is 0 Å².